The third-order valence-corrected chi connectivity index (χ3v) is 5.91. The van der Waals surface area contributed by atoms with E-state index in [0.29, 0.717) is 12.1 Å². The van der Waals surface area contributed by atoms with E-state index < -0.39 is 0 Å². The lowest BCUT2D eigenvalue weighted by Crippen LogP contribution is -2.24. The Morgan fingerprint density at radius 3 is 2.42 bits per heavy atom. The van der Waals surface area contributed by atoms with Crippen LogP contribution in [0.3, 0.4) is 0 Å². The van der Waals surface area contributed by atoms with Crippen LogP contribution < -0.4 is 10.6 Å². The molecule has 2 heterocycles. The molecular weight excluding hydrogens is 322 g/mol. The van der Waals surface area contributed by atoms with Crippen molar-refractivity contribution in [3.63, 3.8) is 0 Å². The molecule has 0 radical (unpaired) electrons. The van der Waals surface area contributed by atoms with Gasteiger partial charge in [0, 0.05) is 5.56 Å². The van der Waals surface area contributed by atoms with Crippen LogP contribution in [-0.2, 0) is 0 Å². The van der Waals surface area contributed by atoms with Crippen molar-refractivity contribution in [1.82, 2.24) is 5.16 Å². The molecule has 0 saturated heterocycles. The van der Waals surface area contributed by atoms with Gasteiger partial charge in [0.1, 0.15) is 5.76 Å². The van der Waals surface area contributed by atoms with Crippen LogP contribution in [0.25, 0.3) is 11.1 Å². The number of benzene rings is 1. The summed E-state index contributed by atoms with van der Waals surface area (Å²) in [7, 11) is 0. The molecular formula is C22H31N3O. The van der Waals surface area contributed by atoms with Crippen LogP contribution in [0.2, 0.25) is 0 Å². The Hall–Kier alpha value is -1.97. The van der Waals surface area contributed by atoms with E-state index in [1.165, 1.54) is 61.0 Å². The molecule has 0 spiro atoms. The van der Waals surface area contributed by atoms with Crippen molar-refractivity contribution in [1.29, 1.82) is 0 Å². The Bertz CT molecular complexity index is 765. The SMILES string of the molecule is CCCC(CCC)c1cc(-c2c(C)noc2C)cc2c1NC(C1CC1)N2. The van der Waals surface area contributed by atoms with Crippen LogP contribution in [0, 0.1) is 19.8 Å². The molecule has 1 aliphatic heterocycles. The molecule has 2 N–H and O–H groups in total. The molecule has 2 aliphatic rings. The van der Waals surface area contributed by atoms with Gasteiger partial charge in [0.15, 0.2) is 0 Å². The number of hydrogen-bond donors (Lipinski definition) is 2. The summed E-state index contributed by atoms with van der Waals surface area (Å²) in [6.45, 7) is 8.63. The minimum atomic E-state index is 0.396. The monoisotopic (exact) mass is 353 g/mol. The van der Waals surface area contributed by atoms with Crippen molar-refractivity contribution in [3.8, 4) is 11.1 Å². The molecule has 4 nitrogen and oxygen atoms in total. The topological polar surface area (TPSA) is 50.1 Å². The maximum absolute atomic E-state index is 5.45. The van der Waals surface area contributed by atoms with Gasteiger partial charge in [-0.1, -0.05) is 31.8 Å². The summed E-state index contributed by atoms with van der Waals surface area (Å²) >= 11 is 0. The van der Waals surface area contributed by atoms with Gasteiger partial charge in [-0.2, -0.15) is 0 Å². The zero-order valence-electron chi connectivity index (χ0n) is 16.5. The minimum Gasteiger partial charge on any atom is -0.363 e. The predicted molar refractivity (Wildman–Crippen MR) is 108 cm³/mol. The molecule has 1 aromatic carbocycles. The number of hydrogen-bond acceptors (Lipinski definition) is 4. The molecule has 1 aliphatic carbocycles. The van der Waals surface area contributed by atoms with Gasteiger partial charge in [-0.25, -0.2) is 0 Å². The van der Waals surface area contributed by atoms with Crippen LogP contribution in [-0.4, -0.2) is 11.3 Å². The summed E-state index contributed by atoms with van der Waals surface area (Å²) in [5.74, 6) is 2.28. The summed E-state index contributed by atoms with van der Waals surface area (Å²) in [5, 5.41) is 11.7. The Labute approximate surface area is 156 Å². The van der Waals surface area contributed by atoms with E-state index in [1.54, 1.807) is 0 Å². The zero-order chi connectivity index (χ0) is 18.3. The summed E-state index contributed by atoms with van der Waals surface area (Å²) in [6, 6.07) is 4.68. The Morgan fingerprint density at radius 2 is 1.85 bits per heavy atom. The standard InChI is InChI=1S/C22H31N3O/c1-5-7-15(8-6-2)18-11-17(20-13(3)25-26-14(20)4)12-19-21(18)24-22(23-19)16-9-10-16/h11-12,15-16,22-24H,5-10H2,1-4H3. The molecule has 4 heteroatoms. The van der Waals surface area contributed by atoms with E-state index in [4.69, 9.17) is 4.52 Å². The molecule has 1 aromatic heterocycles. The maximum atomic E-state index is 5.45. The lowest BCUT2D eigenvalue weighted by Gasteiger charge is -2.21. The van der Waals surface area contributed by atoms with Gasteiger partial charge < -0.3 is 15.2 Å². The highest BCUT2D eigenvalue weighted by molar-refractivity contribution is 5.85. The van der Waals surface area contributed by atoms with Crippen LogP contribution in [0.5, 0.6) is 0 Å². The second-order valence-electron chi connectivity index (χ2n) is 8.07. The molecule has 26 heavy (non-hydrogen) atoms. The van der Waals surface area contributed by atoms with Crippen molar-refractivity contribution in [2.75, 3.05) is 10.6 Å². The van der Waals surface area contributed by atoms with Crippen molar-refractivity contribution in [2.24, 2.45) is 5.92 Å². The summed E-state index contributed by atoms with van der Waals surface area (Å²) < 4.78 is 5.45. The lowest BCUT2D eigenvalue weighted by atomic mass is 9.86. The Morgan fingerprint density at radius 1 is 1.12 bits per heavy atom. The smallest absolute Gasteiger partial charge is 0.141 e. The molecule has 1 saturated carbocycles. The van der Waals surface area contributed by atoms with E-state index in [2.05, 4.69) is 41.8 Å². The van der Waals surface area contributed by atoms with Crippen molar-refractivity contribution >= 4 is 11.4 Å². The fourth-order valence-electron chi connectivity index (χ4n) is 4.48. The number of aromatic nitrogens is 1. The first-order valence-corrected chi connectivity index (χ1v) is 10.3. The van der Waals surface area contributed by atoms with Gasteiger partial charge in [-0.15, -0.1) is 0 Å². The van der Waals surface area contributed by atoms with E-state index in [9.17, 15) is 0 Å². The number of nitrogens with one attached hydrogen (secondary N) is 2. The minimum absolute atomic E-state index is 0.396. The van der Waals surface area contributed by atoms with Gasteiger partial charge in [0.05, 0.1) is 23.2 Å². The van der Waals surface area contributed by atoms with Gasteiger partial charge in [-0.3, -0.25) is 0 Å². The second-order valence-corrected chi connectivity index (χ2v) is 8.07. The molecule has 2 aromatic rings. The zero-order valence-corrected chi connectivity index (χ0v) is 16.5. The van der Waals surface area contributed by atoms with Crippen LogP contribution >= 0.6 is 0 Å². The van der Waals surface area contributed by atoms with Crippen LogP contribution in [0.4, 0.5) is 11.4 Å². The molecule has 4 rings (SSSR count). The normalized spacial score (nSPS) is 18.7. The second kappa shape index (κ2) is 6.98. The van der Waals surface area contributed by atoms with Crippen molar-refractivity contribution in [2.45, 2.75) is 78.3 Å². The molecule has 1 fully saturated rings. The summed E-state index contributed by atoms with van der Waals surface area (Å²) in [4.78, 5) is 0. The van der Waals surface area contributed by atoms with Crippen LogP contribution in [0.15, 0.2) is 16.7 Å². The molecule has 1 atom stereocenters. The average molecular weight is 354 g/mol. The molecule has 0 bridgehead atoms. The Kier molecular flexibility index (Phi) is 4.68. The number of fused-ring (bicyclic) bond motifs is 1. The number of aryl methyl sites for hydroxylation is 2. The highest BCUT2D eigenvalue weighted by Gasteiger charge is 2.36. The van der Waals surface area contributed by atoms with E-state index >= 15 is 0 Å². The lowest BCUT2D eigenvalue weighted by molar-refractivity contribution is 0.393. The van der Waals surface area contributed by atoms with E-state index in [1.807, 2.05) is 13.8 Å². The number of nitrogens with zero attached hydrogens (tertiary/aromatic N) is 1. The summed E-state index contributed by atoms with van der Waals surface area (Å²) in [6.07, 6.45) is 7.97. The molecule has 1 unspecified atom stereocenters. The van der Waals surface area contributed by atoms with Gasteiger partial charge >= 0.3 is 0 Å². The number of rotatable bonds is 7. The fraction of sp³-hybridized carbons (Fsp3) is 0.591. The first kappa shape index (κ1) is 17.4. The fourth-order valence-corrected chi connectivity index (χ4v) is 4.48. The van der Waals surface area contributed by atoms with Crippen molar-refractivity contribution < 1.29 is 4.52 Å². The third kappa shape index (κ3) is 3.10. The average Bonchev–Trinajstić information content (AvgIpc) is 3.30. The molecule has 140 valence electrons. The summed E-state index contributed by atoms with van der Waals surface area (Å²) in [5.41, 5.74) is 7.42. The quantitative estimate of drug-likeness (QED) is 0.621. The van der Waals surface area contributed by atoms with Crippen LogP contribution in [0.1, 0.15) is 75.3 Å². The largest absolute Gasteiger partial charge is 0.363 e. The molecule has 0 amide bonds. The first-order chi connectivity index (χ1) is 12.6. The van der Waals surface area contributed by atoms with E-state index in [-0.39, 0.29) is 0 Å². The van der Waals surface area contributed by atoms with Crippen molar-refractivity contribution in [3.05, 3.63) is 29.2 Å². The predicted octanol–water partition coefficient (Wildman–Crippen LogP) is 6.22. The number of anilines is 2. The van der Waals surface area contributed by atoms with Gasteiger partial charge in [0.25, 0.3) is 0 Å². The van der Waals surface area contributed by atoms with Gasteiger partial charge in [-0.05, 0) is 74.6 Å². The highest BCUT2D eigenvalue weighted by atomic mass is 16.5. The maximum Gasteiger partial charge on any atom is 0.141 e. The highest BCUT2D eigenvalue weighted by Crippen LogP contribution is 2.47. The first-order valence-electron chi connectivity index (χ1n) is 10.3. The Balaban J connectivity index is 1.80. The third-order valence-electron chi connectivity index (χ3n) is 5.91. The van der Waals surface area contributed by atoms with Gasteiger partial charge in [0.2, 0.25) is 0 Å². The van der Waals surface area contributed by atoms with E-state index in [0.717, 1.165) is 22.9 Å².